The van der Waals surface area contributed by atoms with Gasteiger partial charge in [0.2, 0.25) is 10.0 Å². The number of carbonyl (C=O) groups is 1. The van der Waals surface area contributed by atoms with Gasteiger partial charge >= 0.3 is 5.97 Å². The van der Waals surface area contributed by atoms with Gasteiger partial charge < -0.3 is 14.2 Å². The molecule has 1 fully saturated rings. The van der Waals surface area contributed by atoms with E-state index in [0.717, 1.165) is 5.56 Å². The fourth-order valence-electron chi connectivity index (χ4n) is 2.94. The summed E-state index contributed by atoms with van der Waals surface area (Å²) in [5, 5.41) is 0. The number of esters is 1. The van der Waals surface area contributed by atoms with Crippen molar-refractivity contribution in [1.29, 1.82) is 0 Å². The predicted octanol–water partition coefficient (Wildman–Crippen LogP) is 2.56. The molecule has 0 aromatic heterocycles. The van der Waals surface area contributed by atoms with Crippen molar-refractivity contribution in [2.75, 3.05) is 39.5 Å². The molecule has 0 amide bonds. The van der Waals surface area contributed by atoms with Crippen molar-refractivity contribution >= 4 is 16.0 Å². The van der Waals surface area contributed by atoms with E-state index in [4.69, 9.17) is 14.2 Å². The van der Waals surface area contributed by atoms with Crippen molar-refractivity contribution in [2.24, 2.45) is 0 Å². The minimum Gasteiger partial charge on any atom is -0.490 e. The molecule has 0 unspecified atom stereocenters. The maximum Gasteiger partial charge on any atom is 0.338 e. The van der Waals surface area contributed by atoms with Gasteiger partial charge in [-0.15, -0.1) is 0 Å². The lowest BCUT2D eigenvalue weighted by Crippen LogP contribution is -2.40. The number of carbonyl (C=O) groups excluding carboxylic acids is 1. The number of morpholine rings is 1. The van der Waals surface area contributed by atoms with Crippen LogP contribution in [0.2, 0.25) is 0 Å². The lowest BCUT2D eigenvalue weighted by Gasteiger charge is -2.26. The van der Waals surface area contributed by atoms with E-state index in [2.05, 4.69) is 0 Å². The summed E-state index contributed by atoms with van der Waals surface area (Å²) in [4.78, 5) is 12.5. The third kappa shape index (κ3) is 5.35. The van der Waals surface area contributed by atoms with Crippen LogP contribution in [0.4, 0.5) is 0 Å². The first-order chi connectivity index (χ1) is 13.9. The lowest BCUT2D eigenvalue weighted by atomic mass is 10.1. The SMILES string of the molecule is Cc1ccc(OCCOC(=O)c2ccc(C)c(S(=O)(=O)N3CCOCC3)c2)cc1. The van der Waals surface area contributed by atoms with Crippen LogP contribution in [0.15, 0.2) is 47.4 Å². The minimum absolute atomic E-state index is 0.0616. The van der Waals surface area contributed by atoms with E-state index in [1.807, 2.05) is 31.2 Å². The molecule has 1 heterocycles. The zero-order valence-corrected chi connectivity index (χ0v) is 17.4. The fourth-order valence-corrected chi connectivity index (χ4v) is 4.60. The van der Waals surface area contributed by atoms with Crippen LogP contribution in [-0.4, -0.2) is 58.2 Å². The highest BCUT2D eigenvalue weighted by Gasteiger charge is 2.28. The summed E-state index contributed by atoms with van der Waals surface area (Å²) in [6, 6.07) is 12.1. The third-order valence-electron chi connectivity index (χ3n) is 4.62. The standard InChI is InChI=1S/C21H25NO6S/c1-16-3-7-19(8-4-16)27-13-14-28-21(23)18-6-5-17(2)20(15-18)29(24,25)22-9-11-26-12-10-22/h3-8,15H,9-14H2,1-2H3. The van der Waals surface area contributed by atoms with Crippen LogP contribution in [0.1, 0.15) is 21.5 Å². The summed E-state index contributed by atoms with van der Waals surface area (Å²) in [5.74, 6) is 0.108. The highest BCUT2D eigenvalue weighted by atomic mass is 32.2. The number of benzene rings is 2. The molecule has 0 radical (unpaired) electrons. The van der Waals surface area contributed by atoms with Gasteiger partial charge in [-0.3, -0.25) is 0 Å². The minimum atomic E-state index is -3.69. The second kappa shape index (κ2) is 9.39. The van der Waals surface area contributed by atoms with Crippen LogP contribution in [0.3, 0.4) is 0 Å². The average Bonchev–Trinajstić information content (AvgIpc) is 2.73. The van der Waals surface area contributed by atoms with Gasteiger partial charge in [0, 0.05) is 13.1 Å². The normalized spacial score (nSPS) is 15.1. The maximum absolute atomic E-state index is 12.9. The molecule has 8 heteroatoms. The van der Waals surface area contributed by atoms with Crippen molar-refractivity contribution < 1.29 is 27.4 Å². The molecule has 2 aromatic carbocycles. The van der Waals surface area contributed by atoms with Gasteiger partial charge in [-0.05, 0) is 43.7 Å². The molecule has 0 spiro atoms. The van der Waals surface area contributed by atoms with E-state index in [0.29, 0.717) is 37.6 Å². The number of hydrogen-bond acceptors (Lipinski definition) is 6. The largest absolute Gasteiger partial charge is 0.490 e. The Morgan fingerprint density at radius 2 is 1.72 bits per heavy atom. The number of nitrogens with zero attached hydrogens (tertiary/aromatic N) is 1. The molecular weight excluding hydrogens is 394 g/mol. The van der Waals surface area contributed by atoms with Crippen molar-refractivity contribution in [3.63, 3.8) is 0 Å². The maximum atomic E-state index is 12.9. The smallest absolute Gasteiger partial charge is 0.338 e. The van der Waals surface area contributed by atoms with Gasteiger partial charge in [-0.1, -0.05) is 23.8 Å². The van der Waals surface area contributed by atoms with E-state index in [1.54, 1.807) is 19.1 Å². The van der Waals surface area contributed by atoms with E-state index < -0.39 is 16.0 Å². The molecule has 156 valence electrons. The van der Waals surface area contributed by atoms with Crippen molar-refractivity contribution in [3.05, 3.63) is 59.2 Å². The Balaban J connectivity index is 1.62. The molecule has 0 bridgehead atoms. The Hall–Kier alpha value is -2.42. The molecule has 7 nitrogen and oxygen atoms in total. The van der Waals surface area contributed by atoms with Crippen LogP contribution in [-0.2, 0) is 19.5 Å². The van der Waals surface area contributed by atoms with Gasteiger partial charge in [0.25, 0.3) is 0 Å². The first-order valence-corrected chi connectivity index (χ1v) is 10.9. The molecule has 29 heavy (non-hydrogen) atoms. The van der Waals surface area contributed by atoms with Gasteiger partial charge in [0.15, 0.2) is 0 Å². The molecule has 0 aliphatic carbocycles. The summed E-state index contributed by atoms with van der Waals surface area (Å²) >= 11 is 0. The van der Waals surface area contributed by atoms with Crippen molar-refractivity contribution in [3.8, 4) is 5.75 Å². The van der Waals surface area contributed by atoms with Crippen LogP contribution in [0.5, 0.6) is 5.75 Å². The number of rotatable bonds is 7. The number of ether oxygens (including phenoxy) is 3. The summed E-state index contributed by atoms with van der Waals surface area (Å²) < 4.78 is 43.2. The monoisotopic (exact) mass is 419 g/mol. The number of hydrogen-bond donors (Lipinski definition) is 0. The summed E-state index contributed by atoms with van der Waals surface area (Å²) in [7, 11) is -3.69. The van der Waals surface area contributed by atoms with E-state index >= 15 is 0 Å². The van der Waals surface area contributed by atoms with E-state index in [9.17, 15) is 13.2 Å². The van der Waals surface area contributed by atoms with Gasteiger partial charge in [0.1, 0.15) is 19.0 Å². The van der Waals surface area contributed by atoms with E-state index in [1.165, 1.54) is 10.4 Å². The number of aryl methyl sites for hydroxylation is 2. The average molecular weight is 419 g/mol. The highest BCUT2D eigenvalue weighted by molar-refractivity contribution is 7.89. The van der Waals surface area contributed by atoms with Crippen molar-refractivity contribution in [1.82, 2.24) is 4.31 Å². The topological polar surface area (TPSA) is 82.1 Å². The lowest BCUT2D eigenvalue weighted by molar-refractivity contribution is 0.0450. The van der Waals surface area contributed by atoms with Gasteiger partial charge in [-0.25, -0.2) is 13.2 Å². The second-order valence-electron chi connectivity index (χ2n) is 6.79. The molecule has 0 N–H and O–H groups in total. The Morgan fingerprint density at radius 3 is 2.41 bits per heavy atom. The predicted molar refractivity (Wildman–Crippen MR) is 108 cm³/mol. The zero-order chi connectivity index (χ0) is 20.9. The summed E-state index contributed by atoms with van der Waals surface area (Å²) in [5.41, 5.74) is 1.90. The molecule has 1 aliphatic heterocycles. The van der Waals surface area contributed by atoms with Crippen LogP contribution < -0.4 is 4.74 Å². The second-order valence-corrected chi connectivity index (χ2v) is 8.70. The van der Waals surface area contributed by atoms with Crippen molar-refractivity contribution in [2.45, 2.75) is 18.7 Å². The fraction of sp³-hybridized carbons (Fsp3) is 0.381. The van der Waals surface area contributed by atoms with Crippen LogP contribution in [0, 0.1) is 13.8 Å². The molecule has 2 aromatic rings. The van der Waals surface area contributed by atoms with E-state index in [-0.39, 0.29) is 23.7 Å². The molecule has 1 aliphatic rings. The Bertz CT molecular complexity index is 950. The first kappa shape index (κ1) is 21.3. The molecule has 0 saturated carbocycles. The Kier molecular flexibility index (Phi) is 6.89. The molecule has 0 atom stereocenters. The summed E-state index contributed by atoms with van der Waals surface area (Å²) in [6.07, 6.45) is 0. The molecule has 3 rings (SSSR count). The third-order valence-corrected chi connectivity index (χ3v) is 6.66. The molecule has 1 saturated heterocycles. The molecular formula is C21H25NO6S. The van der Waals surface area contributed by atoms with Gasteiger partial charge in [-0.2, -0.15) is 4.31 Å². The quantitative estimate of drug-likeness (QED) is 0.507. The Morgan fingerprint density at radius 1 is 1.03 bits per heavy atom. The number of sulfonamides is 1. The van der Waals surface area contributed by atoms with Crippen LogP contribution in [0.25, 0.3) is 0 Å². The highest BCUT2D eigenvalue weighted by Crippen LogP contribution is 2.22. The van der Waals surface area contributed by atoms with Gasteiger partial charge in [0.05, 0.1) is 23.7 Å². The van der Waals surface area contributed by atoms with Crippen LogP contribution >= 0.6 is 0 Å². The Labute approximate surface area is 171 Å². The zero-order valence-electron chi connectivity index (χ0n) is 16.6. The summed E-state index contributed by atoms with van der Waals surface area (Å²) in [6.45, 7) is 5.28. The first-order valence-electron chi connectivity index (χ1n) is 9.43.